The van der Waals surface area contributed by atoms with Crippen molar-refractivity contribution in [2.24, 2.45) is 11.8 Å². The maximum absolute atomic E-state index is 12.6. The van der Waals surface area contributed by atoms with Crippen LogP contribution in [0.15, 0.2) is 30.7 Å². The molecule has 0 spiro atoms. The molecule has 0 radical (unpaired) electrons. The second-order valence-corrected chi connectivity index (χ2v) is 7.62. The first kappa shape index (κ1) is 16.9. The van der Waals surface area contributed by atoms with Crippen molar-refractivity contribution in [2.45, 2.75) is 12.8 Å². The molecule has 3 aliphatic heterocycles. The molecule has 2 unspecified atom stereocenters. The first-order chi connectivity index (χ1) is 13.7. The number of amides is 2. The lowest BCUT2D eigenvalue weighted by Gasteiger charge is -2.21. The van der Waals surface area contributed by atoms with Crippen LogP contribution in [0.3, 0.4) is 0 Å². The van der Waals surface area contributed by atoms with Gasteiger partial charge in [-0.2, -0.15) is 4.79 Å². The highest BCUT2D eigenvalue weighted by molar-refractivity contribution is 5.94. The van der Waals surface area contributed by atoms with Crippen molar-refractivity contribution in [3.63, 3.8) is 0 Å². The van der Waals surface area contributed by atoms with E-state index in [1.165, 1.54) is 0 Å². The Labute approximate surface area is 162 Å². The van der Waals surface area contributed by atoms with Gasteiger partial charge in [0.05, 0.1) is 12.4 Å². The topological polar surface area (TPSA) is 96.3 Å². The molecule has 28 heavy (non-hydrogen) atoms. The Hall–Kier alpha value is -3.23. The number of aryl methyl sites for hydroxylation is 1. The van der Waals surface area contributed by atoms with Crippen LogP contribution in [0, 0.1) is 11.8 Å². The summed E-state index contributed by atoms with van der Waals surface area (Å²) in [6, 6.07) is 1.99. The normalized spacial score (nSPS) is 23.8. The maximum atomic E-state index is 12.6. The second-order valence-electron chi connectivity index (χ2n) is 7.62. The lowest BCUT2D eigenvalue weighted by atomic mass is 10.0. The van der Waals surface area contributed by atoms with Crippen molar-refractivity contribution < 1.29 is 9.59 Å². The molecule has 2 fully saturated rings. The molecular formula is C19H21N7O2. The van der Waals surface area contributed by atoms with Gasteiger partial charge in [0.15, 0.2) is 0 Å². The third kappa shape index (κ3) is 3.12. The molecule has 2 atom stereocenters. The smallest absolute Gasteiger partial charge is 0.246 e. The molecule has 2 aromatic rings. The number of aromatic nitrogens is 4. The summed E-state index contributed by atoms with van der Waals surface area (Å²) in [5.74, 6) is 1.60. The van der Waals surface area contributed by atoms with Gasteiger partial charge >= 0.3 is 0 Å². The molecule has 144 valence electrons. The average molecular weight is 379 g/mol. The van der Waals surface area contributed by atoms with Gasteiger partial charge in [-0.25, -0.2) is 4.98 Å². The number of carbonyl (C=O) groups is 2. The quantitative estimate of drug-likeness (QED) is 0.771. The zero-order chi connectivity index (χ0) is 19.1. The zero-order valence-corrected chi connectivity index (χ0v) is 15.4. The summed E-state index contributed by atoms with van der Waals surface area (Å²) in [5.41, 5.74) is 1.89. The molecule has 2 aromatic heterocycles. The van der Waals surface area contributed by atoms with E-state index in [2.05, 4.69) is 25.6 Å². The van der Waals surface area contributed by atoms with Crippen molar-refractivity contribution in [1.82, 2.24) is 25.0 Å². The summed E-state index contributed by atoms with van der Waals surface area (Å²) < 4.78 is 0. The van der Waals surface area contributed by atoms with E-state index in [0.29, 0.717) is 30.5 Å². The Balaban J connectivity index is 1.20. The molecular weight excluding hydrogens is 358 g/mol. The van der Waals surface area contributed by atoms with E-state index in [9.17, 15) is 9.59 Å². The van der Waals surface area contributed by atoms with Crippen LogP contribution in [-0.4, -0.2) is 63.0 Å². The van der Waals surface area contributed by atoms with E-state index in [0.717, 1.165) is 37.3 Å². The van der Waals surface area contributed by atoms with Crippen LogP contribution in [0.2, 0.25) is 0 Å². The number of nitrogens with one attached hydrogen (secondary N) is 1. The van der Waals surface area contributed by atoms with Crippen LogP contribution in [0.1, 0.15) is 17.5 Å². The summed E-state index contributed by atoms with van der Waals surface area (Å²) in [5, 5.41) is 12.9. The van der Waals surface area contributed by atoms with Gasteiger partial charge in [-0.15, -0.1) is 5.10 Å². The molecule has 5 heterocycles. The number of hydrogen-bond donors (Lipinski definition) is 1. The van der Waals surface area contributed by atoms with Crippen LogP contribution < -0.4 is 10.3 Å². The monoisotopic (exact) mass is 379 g/mol. The molecule has 5 rings (SSSR count). The van der Waals surface area contributed by atoms with E-state index in [4.69, 9.17) is 0 Å². The number of carbonyl (C=O) groups excluding carboxylic acids is 2. The van der Waals surface area contributed by atoms with Crippen molar-refractivity contribution in [3.05, 3.63) is 41.9 Å². The highest BCUT2D eigenvalue weighted by Gasteiger charge is 2.41. The van der Waals surface area contributed by atoms with Gasteiger partial charge in [-0.05, 0) is 34.9 Å². The van der Waals surface area contributed by atoms with Crippen molar-refractivity contribution >= 4 is 23.7 Å². The van der Waals surface area contributed by atoms with Crippen LogP contribution >= 0.6 is 0 Å². The summed E-state index contributed by atoms with van der Waals surface area (Å²) >= 11 is 0. The third-order valence-corrected chi connectivity index (χ3v) is 5.76. The number of hydrogen-bond acceptors (Lipinski definition) is 6. The molecule has 1 N–H and O–H groups in total. The van der Waals surface area contributed by atoms with E-state index >= 15 is 0 Å². The Morgan fingerprint density at radius 1 is 1.18 bits per heavy atom. The van der Waals surface area contributed by atoms with Gasteiger partial charge in [0.1, 0.15) is 5.82 Å². The second kappa shape index (κ2) is 6.74. The molecule has 0 bridgehead atoms. The molecule has 9 nitrogen and oxygen atoms in total. The number of pyridine rings is 1. The number of likely N-dealkylation sites (tertiary alicyclic amines) is 1. The zero-order valence-electron chi connectivity index (χ0n) is 15.4. The van der Waals surface area contributed by atoms with Gasteiger partial charge in [-0.1, -0.05) is 0 Å². The van der Waals surface area contributed by atoms with Gasteiger partial charge in [0, 0.05) is 56.7 Å². The largest absolute Gasteiger partial charge is 0.338 e. The average Bonchev–Trinajstić information content (AvgIpc) is 3.41. The van der Waals surface area contributed by atoms with Gasteiger partial charge in [0.2, 0.25) is 11.8 Å². The summed E-state index contributed by atoms with van der Waals surface area (Å²) in [7, 11) is 0. The Kier molecular flexibility index (Phi) is 4.07. The van der Waals surface area contributed by atoms with E-state index in [1.807, 2.05) is 23.2 Å². The molecule has 2 amide bonds. The van der Waals surface area contributed by atoms with Crippen molar-refractivity contribution in [2.75, 3.05) is 36.5 Å². The minimum Gasteiger partial charge on any atom is -0.338 e. The molecule has 0 saturated carbocycles. The van der Waals surface area contributed by atoms with Crippen LogP contribution in [-0.2, 0) is 16.0 Å². The van der Waals surface area contributed by atoms with Crippen molar-refractivity contribution in [1.29, 1.82) is 0 Å². The first-order valence-electron chi connectivity index (χ1n) is 9.53. The van der Waals surface area contributed by atoms with E-state index < -0.39 is 0 Å². The predicted molar refractivity (Wildman–Crippen MR) is 102 cm³/mol. The summed E-state index contributed by atoms with van der Waals surface area (Å²) in [4.78, 5) is 32.0. The standard InChI is InChI=1S/C19H21N7O2/c27-17-3-2-14-7-13(8-20-19(14)22-17)1-4-18(28)24-9-15-11-25(12-16(15)10-24)26-6-5-21-23-26/h1,4-8,15-16H,2-3,9-12H2,(H,20,22,27)/b4-1+. The van der Waals surface area contributed by atoms with Crippen LogP contribution in [0.25, 0.3) is 6.08 Å². The molecule has 0 aromatic carbocycles. The highest BCUT2D eigenvalue weighted by Crippen LogP contribution is 2.30. The minimum absolute atomic E-state index is 0.000405. The molecule has 2 saturated heterocycles. The fourth-order valence-corrected chi connectivity index (χ4v) is 4.31. The summed E-state index contributed by atoms with van der Waals surface area (Å²) in [6.07, 6.45) is 9.80. The molecule has 3 aliphatic rings. The molecule has 9 heteroatoms. The van der Waals surface area contributed by atoms with Gasteiger partial charge in [-0.3, -0.25) is 14.6 Å². The van der Waals surface area contributed by atoms with Gasteiger partial charge < -0.3 is 10.2 Å². The number of anilines is 1. The van der Waals surface area contributed by atoms with E-state index in [1.54, 1.807) is 23.3 Å². The Morgan fingerprint density at radius 3 is 2.75 bits per heavy atom. The SMILES string of the molecule is O=C1CCc2cc(/C=C/C(=O)N3CC4CN(n5ccnn5)CC4C3)cnc2N1. The Bertz CT molecular complexity index is 926. The minimum atomic E-state index is 0.000405. The number of rotatable bonds is 3. The molecule has 0 aliphatic carbocycles. The fraction of sp³-hybridized carbons (Fsp3) is 0.421. The van der Waals surface area contributed by atoms with E-state index in [-0.39, 0.29) is 11.8 Å². The van der Waals surface area contributed by atoms with Crippen LogP contribution in [0.5, 0.6) is 0 Å². The van der Waals surface area contributed by atoms with Gasteiger partial charge in [0.25, 0.3) is 0 Å². The first-order valence-corrected chi connectivity index (χ1v) is 9.53. The predicted octanol–water partition coefficient (Wildman–Crippen LogP) is 0.297. The van der Waals surface area contributed by atoms with Crippen LogP contribution in [0.4, 0.5) is 5.82 Å². The maximum Gasteiger partial charge on any atom is 0.246 e. The fourth-order valence-electron chi connectivity index (χ4n) is 4.31. The number of nitrogens with zero attached hydrogens (tertiary/aromatic N) is 6. The number of fused-ring (bicyclic) bond motifs is 2. The lowest BCUT2D eigenvalue weighted by molar-refractivity contribution is -0.125. The highest BCUT2D eigenvalue weighted by atomic mass is 16.2. The van der Waals surface area contributed by atoms with Crippen molar-refractivity contribution in [3.8, 4) is 0 Å². The third-order valence-electron chi connectivity index (χ3n) is 5.76. The Morgan fingerprint density at radius 2 is 2.00 bits per heavy atom. The summed E-state index contributed by atoms with van der Waals surface area (Å²) in [6.45, 7) is 3.32. The lowest BCUT2D eigenvalue weighted by Crippen LogP contribution is -2.37.